The highest BCUT2D eigenvalue weighted by molar-refractivity contribution is 5.79. The number of amides is 2. The van der Waals surface area contributed by atoms with Crippen LogP contribution in [0.25, 0.3) is 0 Å². The molecule has 10 heteroatoms. The molecule has 0 radical (unpaired) electrons. The molecule has 0 aliphatic carbocycles. The Morgan fingerprint density at radius 2 is 1.02 bits per heavy atom. The van der Waals surface area contributed by atoms with Crippen molar-refractivity contribution < 1.29 is 38.9 Å². The second-order valence-corrected chi connectivity index (χ2v) is 15.2. The molecule has 4 atom stereocenters. The molecule has 2 aliphatic heterocycles. The Labute approximate surface area is 358 Å². The van der Waals surface area contributed by atoms with Gasteiger partial charge in [-0.15, -0.1) is 0 Å². The Hall–Kier alpha value is -5.16. The van der Waals surface area contributed by atoms with Gasteiger partial charge in [0.2, 0.25) is 11.8 Å². The molecule has 324 valence electrons. The molecule has 0 saturated carbocycles. The molecule has 10 nitrogen and oxygen atoms in total. The predicted molar refractivity (Wildman–Crippen MR) is 235 cm³/mol. The summed E-state index contributed by atoms with van der Waals surface area (Å²) >= 11 is 0. The second-order valence-electron chi connectivity index (χ2n) is 15.2. The van der Waals surface area contributed by atoms with E-state index in [1.807, 2.05) is 82.6 Å². The van der Waals surface area contributed by atoms with Crippen molar-refractivity contribution in [1.82, 2.24) is 9.80 Å². The number of esters is 2. The van der Waals surface area contributed by atoms with E-state index >= 15 is 0 Å². The molecule has 2 saturated heterocycles. The van der Waals surface area contributed by atoms with Gasteiger partial charge in [-0.25, -0.2) is 0 Å². The lowest BCUT2D eigenvalue weighted by molar-refractivity contribution is -0.141. The lowest BCUT2D eigenvalue weighted by Gasteiger charge is -2.22. The van der Waals surface area contributed by atoms with Gasteiger partial charge in [0.1, 0.15) is 0 Å². The first-order chi connectivity index (χ1) is 29.2. The number of nitrogens with zero attached hydrogens (tertiary/aromatic N) is 2. The smallest absolute Gasteiger partial charge is 0.305 e. The molecular weight excluding hydrogens is 757 g/mol. The topological polar surface area (TPSA) is 134 Å². The minimum absolute atomic E-state index is 0.0672. The van der Waals surface area contributed by atoms with E-state index in [9.17, 15) is 29.4 Å². The number of benzene rings is 2. The van der Waals surface area contributed by atoms with E-state index < -0.39 is 12.2 Å². The second kappa shape index (κ2) is 30.0. The van der Waals surface area contributed by atoms with Crippen LogP contribution < -0.4 is 0 Å². The van der Waals surface area contributed by atoms with Gasteiger partial charge in [-0.2, -0.15) is 0 Å². The third kappa shape index (κ3) is 20.7. The van der Waals surface area contributed by atoms with Crippen molar-refractivity contribution in [2.45, 2.75) is 140 Å². The number of ether oxygens (including phenoxy) is 2. The lowest BCUT2D eigenvalue weighted by atomic mass is 10.1. The van der Waals surface area contributed by atoms with Gasteiger partial charge >= 0.3 is 11.9 Å². The van der Waals surface area contributed by atoms with Crippen molar-refractivity contribution in [2.24, 2.45) is 0 Å². The van der Waals surface area contributed by atoms with E-state index in [-0.39, 0.29) is 35.8 Å². The first-order valence-corrected chi connectivity index (χ1v) is 21.7. The Kier molecular flexibility index (Phi) is 24.6. The summed E-state index contributed by atoms with van der Waals surface area (Å²) in [4.78, 5) is 50.4. The maximum absolute atomic E-state index is 12.2. The summed E-state index contributed by atoms with van der Waals surface area (Å²) in [6.45, 7) is 1.45. The molecular formula is C50H66N2O8. The molecule has 2 heterocycles. The van der Waals surface area contributed by atoms with Crippen molar-refractivity contribution in [3.63, 3.8) is 0 Å². The van der Waals surface area contributed by atoms with E-state index in [1.165, 1.54) is 14.2 Å². The van der Waals surface area contributed by atoms with Crippen molar-refractivity contribution in [3.8, 4) is 23.7 Å². The van der Waals surface area contributed by atoms with Crippen LogP contribution >= 0.6 is 0 Å². The number of hydrogen-bond acceptors (Lipinski definition) is 8. The van der Waals surface area contributed by atoms with Crippen LogP contribution in [-0.2, 0) is 28.7 Å². The molecule has 2 fully saturated rings. The average Bonchev–Trinajstić information content (AvgIpc) is 3.81. The fourth-order valence-corrected chi connectivity index (χ4v) is 7.02. The fraction of sp³-hybridized carbons (Fsp3) is 0.520. The van der Waals surface area contributed by atoms with Gasteiger partial charge in [-0.1, -0.05) is 110 Å². The number of methoxy groups -OCH3 is 2. The highest BCUT2D eigenvalue weighted by Crippen LogP contribution is 2.23. The Balaban J connectivity index is 0.000000320. The van der Waals surface area contributed by atoms with Crippen LogP contribution in [0.2, 0.25) is 0 Å². The minimum Gasteiger partial charge on any atom is -0.469 e. The molecule has 0 bridgehead atoms. The van der Waals surface area contributed by atoms with Crippen molar-refractivity contribution in [3.05, 3.63) is 96.1 Å². The monoisotopic (exact) mass is 822 g/mol. The number of aliphatic hydroxyl groups excluding tert-OH is 2. The number of rotatable bonds is 22. The number of hydrogen-bond donors (Lipinski definition) is 2. The molecule has 2 amide bonds. The molecule has 0 unspecified atom stereocenters. The van der Waals surface area contributed by atoms with Gasteiger partial charge in [0.05, 0.1) is 38.5 Å². The van der Waals surface area contributed by atoms with Crippen molar-refractivity contribution >= 4 is 23.8 Å². The highest BCUT2D eigenvalue weighted by Gasteiger charge is 2.29. The number of unbranched alkanes of at least 4 members (excludes halogenated alkanes) is 6. The highest BCUT2D eigenvalue weighted by atomic mass is 16.5. The first kappa shape index (κ1) is 49.2. The Bertz CT molecular complexity index is 1620. The molecule has 0 aromatic heterocycles. The molecule has 0 spiro atoms. The van der Waals surface area contributed by atoms with E-state index in [2.05, 4.69) is 33.2 Å². The maximum Gasteiger partial charge on any atom is 0.305 e. The summed E-state index contributed by atoms with van der Waals surface area (Å²) in [7, 11) is 2.81. The summed E-state index contributed by atoms with van der Waals surface area (Å²) in [5.41, 5.74) is 1.96. The molecule has 2 aromatic carbocycles. The molecule has 2 N–H and O–H groups in total. The van der Waals surface area contributed by atoms with Gasteiger partial charge in [-0.3, -0.25) is 19.2 Å². The standard InChI is InChI=1S/2C25H33NO4/c2*1-30-25(29)15-7-2-3-10-20-26-22(17-19-24(26)28)16-18-23(27)14-9-8-13-21-11-5-4-6-12-21/h2*4-6,11-12,16,18,22-23,27H,2-3,7,9-10,14-15,17,19-20H2,1H3/b2*18-16+/t22-,23+;22-,23-/m00/s1. The zero-order valence-electron chi connectivity index (χ0n) is 35.8. The van der Waals surface area contributed by atoms with Gasteiger partial charge < -0.3 is 29.5 Å². The van der Waals surface area contributed by atoms with Crippen molar-refractivity contribution in [1.29, 1.82) is 0 Å². The SMILES string of the molecule is COC(=O)CCCCCCN1C(=O)CC[C@@H]1/C=C/[C@@H](O)CCC#Cc1ccccc1.COC(=O)CCCCCCN1C(=O)CC[C@@H]1/C=C/[C@H](O)CCC#Cc1ccccc1. The molecule has 2 aromatic rings. The Morgan fingerprint density at radius 1 is 0.633 bits per heavy atom. The van der Waals surface area contributed by atoms with Crippen LogP contribution in [0.4, 0.5) is 0 Å². The van der Waals surface area contributed by atoms with E-state index in [0.29, 0.717) is 51.4 Å². The maximum atomic E-state index is 12.2. The van der Waals surface area contributed by atoms with Crippen molar-refractivity contribution in [2.75, 3.05) is 27.3 Å². The number of likely N-dealkylation sites (tertiary alicyclic amines) is 2. The normalized spacial score (nSPS) is 17.1. The molecule has 4 rings (SSSR count). The fourth-order valence-electron chi connectivity index (χ4n) is 7.02. The van der Waals surface area contributed by atoms with E-state index in [1.54, 1.807) is 12.2 Å². The van der Waals surface area contributed by atoms with Gasteiger partial charge in [0, 0.05) is 62.7 Å². The third-order valence-corrected chi connectivity index (χ3v) is 10.5. The summed E-state index contributed by atoms with van der Waals surface area (Å²) in [5, 5.41) is 20.4. The van der Waals surface area contributed by atoms with Crippen LogP contribution in [0.15, 0.2) is 85.0 Å². The van der Waals surface area contributed by atoms with Crippen LogP contribution in [-0.4, -0.2) is 95.4 Å². The van der Waals surface area contributed by atoms with Gasteiger partial charge in [0.15, 0.2) is 0 Å². The summed E-state index contributed by atoms with van der Waals surface area (Å²) in [6, 6.07) is 19.7. The van der Waals surface area contributed by atoms with Crippen LogP contribution in [0, 0.1) is 23.7 Å². The summed E-state index contributed by atoms with van der Waals surface area (Å²) in [6.07, 6.45) is 19.9. The number of carbonyl (C=O) groups excluding carboxylic acids is 4. The van der Waals surface area contributed by atoms with E-state index in [0.717, 1.165) is 88.4 Å². The minimum atomic E-state index is -0.550. The third-order valence-electron chi connectivity index (χ3n) is 10.5. The van der Waals surface area contributed by atoms with Gasteiger partial charge in [-0.05, 0) is 75.6 Å². The zero-order valence-corrected chi connectivity index (χ0v) is 35.8. The number of carbonyl (C=O) groups is 4. The predicted octanol–water partition coefficient (Wildman–Crippen LogP) is 7.70. The summed E-state index contributed by atoms with van der Waals surface area (Å²) < 4.78 is 9.27. The Morgan fingerprint density at radius 3 is 1.40 bits per heavy atom. The zero-order chi connectivity index (χ0) is 43.2. The largest absolute Gasteiger partial charge is 0.469 e. The van der Waals surface area contributed by atoms with Gasteiger partial charge in [0.25, 0.3) is 0 Å². The van der Waals surface area contributed by atoms with E-state index in [4.69, 9.17) is 0 Å². The average molecular weight is 823 g/mol. The summed E-state index contributed by atoms with van der Waals surface area (Å²) in [5.74, 6) is 12.4. The molecule has 60 heavy (non-hydrogen) atoms. The molecule has 2 aliphatic rings. The quantitative estimate of drug-likeness (QED) is 0.0535. The number of aliphatic hydroxyl groups is 2. The van der Waals surface area contributed by atoms with Crippen LogP contribution in [0.3, 0.4) is 0 Å². The first-order valence-electron chi connectivity index (χ1n) is 21.7. The lowest BCUT2D eigenvalue weighted by Crippen LogP contribution is -2.32. The van der Waals surface area contributed by atoms with Crippen LogP contribution in [0.5, 0.6) is 0 Å². The van der Waals surface area contributed by atoms with Crippen LogP contribution in [0.1, 0.15) is 127 Å².